The molecule has 1 aromatic carbocycles. The van der Waals surface area contributed by atoms with Gasteiger partial charge >= 0.3 is 5.69 Å². The summed E-state index contributed by atoms with van der Waals surface area (Å²) in [5, 5.41) is 12.6. The number of halogens is 1. The predicted molar refractivity (Wildman–Crippen MR) is 69.0 cm³/mol. The molecule has 1 heterocycles. The Morgan fingerprint density at radius 1 is 1.37 bits per heavy atom. The summed E-state index contributed by atoms with van der Waals surface area (Å²) in [6, 6.07) is 3.99. The largest absolute Gasteiger partial charge is 0.304 e. The molecule has 0 atom stereocenters. The van der Waals surface area contributed by atoms with Crippen LogP contribution >= 0.6 is 0 Å². The van der Waals surface area contributed by atoms with Crippen molar-refractivity contribution in [2.24, 2.45) is 0 Å². The Hall–Kier alpha value is -1.57. The van der Waals surface area contributed by atoms with Gasteiger partial charge in [-0.05, 0) is 18.7 Å². The molecule has 1 saturated heterocycles. The summed E-state index contributed by atoms with van der Waals surface area (Å²) < 4.78 is 13.4. The van der Waals surface area contributed by atoms with Gasteiger partial charge in [0.05, 0.1) is 4.92 Å². The van der Waals surface area contributed by atoms with E-state index in [1.54, 1.807) is 6.07 Å². The number of hydrazine groups is 1. The maximum Gasteiger partial charge on any atom is 0.304 e. The normalized spacial score (nSPS) is 17.6. The zero-order valence-corrected chi connectivity index (χ0v) is 10.8. The lowest BCUT2D eigenvalue weighted by molar-refractivity contribution is -0.387. The third-order valence-electron chi connectivity index (χ3n) is 3.22. The molecule has 2 rings (SSSR count). The van der Waals surface area contributed by atoms with E-state index < -0.39 is 16.4 Å². The number of rotatable bonds is 4. The quantitative estimate of drug-likeness (QED) is 0.651. The second kappa shape index (κ2) is 6.05. The van der Waals surface area contributed by atoms with Crippen molar-refractivity contribution in [3.05, 3.63) is 39.7 Å². The summed E-state index contributed by atoms with van der Waals surface area (Å²) >= 11 is 0. The Morgan fingerprint density at radius 2 is 2.05 bits per heavy atom. The molecule has 1 N–H and O–H groups in total. The minimum Gasteiger partial charge on any atom is -0.304 e. The van der Waals surface area contributed by atoms with Crippen LogP contribution < -0.4 is 5.43 Å². The third-order valence-corrected chi connectivity index (χ3v) is 3.22. The van der Waals surface area contributed by atoms with Gasteiger partial charge in [-0.25, -0.2) is 5.01 Å². The second-order valence-electron chi connectivity index (χ2n) is 4.67. The smallest absolute Gasteiger partial charge is 0.304 e. The van der Waals surface area contributed by atoms with Gasteiger partial charge in [0.2, 0.25) is 5.82 Å². The Labute approximate surface area is 110 Å². The van der Waals surface area contributed by atoms with Crippen LogP contribution in [0.1, 0.15) is 5.56 Å². The minimum atomic E-state index is -0.789. The number of hydrogen-bond acceptors (Lipinski definition) is 5. The van der Waals surface area contributed by atoms with E-state index >= 15 is 0 Å². The number of benzene rings is 1. The van der Waals surface area contributed by atoms with Crippen LogP contribution in [0.2, 0.25) is 0 Å². The van der Waals surface area contributed by atoms with Crippen molar-refractivity contribution in [2.45, 2.75) is 6.54 Å². The lowest BCUT2D eigenvalue weighted by atomic mass is 10.2. The van der Waals surface area contributed by atoms with Crippen LogP contribution in [-0.2, 0) is 6.54 Å². The van der Waals surface area contributed by atoms with Crippen LogP contribution in [0.15, 0.2) is 18.2 Å². The second-order valence-corrected chi connectivity index (χ2v) is 4.67. The molecule has 0 unspecified atom stereocenters. The number of nitrogens with zero attached hydrogens (tertiary/aromatic N) is 3. The highest BCUT2D eigenvalue weighted by Crippen LogP contribution is 2.17. The number of piperazine rings is 1. The van der Waals surface area contributed by atoms with Crippen LogP contribution in [0.25, 0.3) is 0 Å². The average Bonchev–Trinajstić information content (AvgIpc) is 2.37. The van der Waals surface area contributed by atoms with E-state index in [2.05, 4.69) is 22.4 Å². The maximum absolute atomic E-state index is 13.4. The molecular formula is C12H17FN4O2. The van der Waals surface area contributed by atoms with Gasteiger partial charge in [0.15, 0.2) is 0 Å². The Kier molecular flexibility index (Phi) is 4.41. The molecule has 0 aromatic heterocycles. The predicted octanol–water partition coefficient (Wildman–Crippen LogP) is 0.986. The summed E-state index contributed by atoms with van der Waals surface area (Å²) in [7, 11) is 2.07. The van der Waals surface area contributed by atoms with Crippen molar-refractivity contribution in [1.82, 2.24) is 15.3 Å². The molecule has 6 nitrogen and oxygen atoms in total. The van der Waals surface area contributed by atoms with Gasteiger partial charge in [-0.3, -0.25) is 15.5 Å². The van der Waals surface area contributed by atoms with Crippen molar-refractivity contribution >= 4 is 5.69 Å². The van der Waals surface area contributed by atoms with Crippen molar-refractivity contribution in [2.75, 3.05) is 33.2 Å². The standard InChI is InChI=1S/C12H17FN4O2/c1-15-4-6-16(7-5-15)14-9-10-2-3-12(17(18)19)11(13)8-10/h2-3,8,14H,4-7,9H2,1H3. The van der Waals surface area contributed by atoms with Gasteiger partial charge in [0, 0.05) is 38.8 Å². The fourth-order valence-electron chi connectivity index (χ4n) is 1.98. The third kappa shape index (κ3) is 3.69. The number of likely N-dealkylation sites (N-methyl/N-ethyl adjacent to an activating group) is 1. The highest BCUT2D eigenvalue weighted by atomic mass is 19.1. The summed E-state index contributed by atoms with van der Waals surface area (Å²) in [6.07, 6.45) is 0. The SMILES string of the molecule is CN1CCN(NCc2ccc([N+](=O)[O-])c(F)c2)CC1. The summed E-state index contributed by atoms with van der Waals surface area (Å²) in [5.41, 5.74) is 3.42. The highest BCUT2D eigenvalue weighted by molar-refractivity contribution is 5.34. The first-order valence-electron chi connectivity index (χ1n) is 6.16. The monoisotopic (exact) mass is 268 g/mol. The van der Waals surface area contributed by atoms with E-state index in [-0.39, 0.29) is 0 Å². The van der Waals surface area contributed by atoms with Crippen molar-refractivity contribution in [1.29, 1.82) is 0 Å². The first-order chi connectivity index (χ1) is 9.06. The van der Waals surface area contributed by atoms with E-state index in [4.69, 9.17) is 0 Å². The molecule has 0 amide bonds. The van der Waals surface area contributed by atoms with Gasteiger partial charge in [-0.1, -0.05) is 6.07 Å². The lowest BCUT2D eigenvalue weighted by Gasteiger charge is -2.32. The number of nitrogens with one attached hydrogen (secondary N) is 1. The summed E-state index contributed by atoms with van der Waals surface area (Å²) in [6.45, 7) is 4.26. The number of nitro benzene ring substituents is 1. The average molecular weight is 268 g/mol. The maximum atomic E-state index is 13.4. The Morgan fingerprint density at radius 3 is 2.63 bits per heavy atom. The van der Waals surface area contributed by atoms with Gasteiger partial charge in [0.25, 0.3) is 0 Å². The molecule has 0 spiro atoms. The Bertz CT molecular complexity index is 461. The molecule has 1 aliphatic heterocycles. The van der Waals surface area contributed by atoms with Crippen LogP contribution in [0.4, 0.5) is 10.1 Å². The first-order valence-corrected chi connectivity index (χ1v) is 6.16. The van der Waals surface area contributed by atoms with Gasteiger partial charge < -0.3 is 4.90 Å². The van der Waals surface area contributed by atoms with Gasteiger partial charge in [-0.2, -0.15) is 4.39 Å². The molecular weight excluding hydrogens is 251 g/mol. The van der Waals surface area contributed by atoms with E-state index in [0.29, 0.717) is 12.1 Å². The molecule has 1 aromatic rings. The zero-order valence-electron chi connectivity index (χ0n) is 10.8. The lowest BCUT2D eigenvalue weighted by Crippen LogP contribution is -2.50. The molecule has 1 fully saturated rings. The van der Waals surface area contributed by atoms with Crippen LogP contribution in [0.3, 0.4) is 0 Å². The van der Waals surface area contributed by atoms with Crippen molar-refractivity contribution in [3.8, 4) is 0 Å². The van der Waals surface area contributed by atoms with Crippen LogP contribution in [-0.4, -0.2) is 48.1 Å². The highest BCUT2D eigenvalue weighted by Gasteiger charge is 2.15. The number of nitro groups is 1. The topological polar surface area (TPSA) is 61.6 Å². The summed E-state index contributed by atoms with van der Waals surface area (Å²) in [4.78, 5) is 12.0. The van der Waals surface area contributed by atoms with E-state index in [1.165, 1.54) is 12.1 Å². The summed E-state index contributed by atoms with van der Waals surface area (Å²) in [5.74, 6) is -0.789. The number of hydrogen-bond donors (Lipinski definition) is 1. The van der Waals surface area contributed by atoms with Crippen LogP contribution in [0.5, 0.6) is 0 Å². The zero-order chi connectivity index (χ0) is 13.8. The molecule has 19 heavy (non-hydrogen) atoms. The molecule has 0 aliphatic carbocycles. The fourth-order valence-corrected chi connectivity index (χ4v) is 1.98. The van der Waals surface area contributed by atoms with Gasteiger partial charge in [0.1, 0.15) is 0 Å². The molecule has 0 bridgehead atoms. The molecule has 0 radical (unpaired) electrons. The van der Waals surface area contributed by atoms with Crippen molar-refractivity contribution in [3.63, 3.8) is 0 Å². The molecule has 0 saturated carbocycles. The van der Waals surface area contributed by atoms with E-state index in [1.807, 2.05) is 0 Å². The van der Waals surface area contributed by atoms with Gasteiger partial charge in [-0.15, -0.1) is 0 Å². The Balaban J connectivity index is 1.89. The molecule has 7 heteroatoms. The molecule has 104 valence electrons. The first kappa shape index (κ1) is 13.9. The van der Waals surface area contributed by atoms with Crippen LogP contribution in [0, 0.1) is 15.9 Å². The fraction of sp³-hybridized carbons (Fsp3) is 0.500. The molecule has 1 aliphatic rings. The minimum absolute atomic E-state index is 0.471. The van der Waals surface area contributed by atoms with E-state index in [9.17, 15) is 14.5 Å². The van der Waals surface area contributed by atoms with E-state index in [0.717, 1.165) is 26.2 Å². The van der Waals surface area contributed by atoms with Crippen molar-refractivity contribution < 1.29 is 9.31 Å².